The lowest BCUT2D eigenvalue weighted by Crippen LogP contribution is -2.54. The zero-order chi connectivity index (χ0) is 22.3. The monoisotopic (exact) mass is 414 g/mol. The minimum Gasteiger partial charge on any atom is -0.326 e. The highest BCUT2D eigenvalue weighted by molar-refractivity contribution is 6.10. The number of carbonyl (C=O) groups is 4. The van der Waals surface area contributed by atoms with E-state index in [1.54, 1.807) is 18.2 Å². The van der Waals surface area contributed by atoms with E-state index in [9.17, 15) is 19.2 Å². The molecule has 1 spiro atoms. The maximum absolute atomic E-state index is 13.2. The van der Waals surface area contributed by atoms with E-state index in [0.717, 1.165) is 16.9 Å². The molecule has 1 saturated heterocycles. The lowest BCUT2D eigenvalue weighted by molar-refractivity contribution is -0.136. The molecule has 0 bridgehead atoms. The summed E-state index contributed by atoms with van der Waals surface area (Å²) in [7, 11) is 0. The van der Waals surface area contributed by atoms with Gasteiger partial charge in [-0.2, -0.15) is 0 Å². The number of imide groups is 1. The molecule has 5 amide bonds. The predicted molar refractivity (Wildman–Crippen MR) is 114 cm³/mol. The van der Waals surface area contributed by atoms with E-state index in [4.69, 9.17) is 0 Å². The van der Waals surface area contributed by atoms with Gasteiger partial charge in [0.05, 0.1) is 0 Å². The number of amides is 5. The number of nitrogens with zero attached hydrogens (tertiary/aromatic N) is 1. The maximum atomic E-state index is 13.2. The molecule has 1 saturated carbocycles. The van der Waals surface area contributed by atoms with Crippen molar-refractivity contribution in [1.29, 1.82) is 0 Å². The van der Waals surface area contributed by atoms with Crippen molar-refractivity contribution < 1.29 is 19.2 Å². The molecule has 1 aliphatic heterocycles. The van der Waals surface area contributed by atoms with Gasteiger partial charge in [-0.15, -0.1) is 0 Å². The minimum absolute atomic E-state index is 0.0693. The summed E-state index contributed by atoms with van der Waals surface area (Å²) in [6.45, 7) is 9.15. The predicted octanol–water partition coefficient (Wildman–Crippen LogP) is 3.03. The largest absolute Gasteiger partial charge is 0.326 e. The number of nitrogens with one attached hydrogen (secondary N) is 3. The molecule has 2 fully saturated rings. The molecule has 2 unspecified atom stereocenters. The molecule has 2 atom stereocenters. The highest BCUT2D eigenvalue weighted by Crippen LogP contribution is 2.46. The molecule has 162 valence electrons. The van der Waals surface area contributed by atoms with Crippen LogP contribution in [0.2, 0.25) is 0 Å². The van der Waals surface area contributed by atoms with Crippen LogP contribution < -0.4 is 16.0 Å². The van der Waals surface area contributed by atoms with E-state index in [0.29, 0.717) is 30.1 Å². The zero-order valence-corrected chi connectivity index (χ0v) is 18.2. The van der Waals surface area contributed by atoms with Gasteiger partial charge >= 0.3 is 6.03 Å². The number of aryl methyl sites for hydroxylation is 1. The highest BCUT2D eigenvalue weighted by atomic mass is 16.2. The summed E-state index contributed by atoms with van der Waals surface area (Å²) < 4.78 is 0. The van der Waals surface area contributed by atoms with Crippen molar-refractivity contribution in [3.05, 3.63) is 23.8 Å². The van der Waals surface area contributed by atoms with Gasteiger partial charge in [-0.05, 0) is 55.2 Å². The summed E-state index contributed by atoms with van der Waals surface area (Å²) in [6.07, 6.45) is 2.13. The Morgan fingerprint density at radius 3 is 2.53 bits per heavy atom. The Hall–Kier alpha value is -2.90. The summed E-state index contributed by atoms with van der Waals surface area (Å²) >= 11 is 0. The van der Waals surface area contributed by atoms with Crippen LogP contribution in [0.25, 0.3) is 0 Å². The van der Waals surface area contributed by atoms with Crippen LogP contribution in [0.4, 0.5) is 16.2 Å². The SMILES string of the molecule is CC(=O)Nc1ccc(C)c(NC(=O)CN2C(=O)NC3(CC(C)CC(C)(C)C3)C2=O)c1. The second kappa shape index (κ2) is 7.74. The van der Waals surface area contributed by atoms with Crippen LogP contribution in [0.3, 0.4) is 0 Å². The van der Waals surface area contributed by atoms with Crippen LogP contribution in [0.1, 0.15) is 52.5 Å². The van der Waals surface area contributed by atoms with Crippen molar-refractivity contribution in [1.82, 2.24) is 10.2 Å². The van der Waals surface area contributed by atoms with E-state index < -0.39 is 17.5 Å². The first-order chi connectivity index (χ1) is 13.9. The second-order valence-electron chi connectivity index (χ2n) is 9.52. The first kappa shape index (κ1) is 21.8. The van der Waals surface area contributed by atoms with Gasteiger partial charge in [-0.1, -0.05) is 26.8 Å². The lowest BCUT2D eigenvalue weighted by atomic mass is 9.64. The highest BCUT2D eigenvalue weighted by Gasteiger charge is 2.56. The topological polar surface area (TPSA) is 108 Å². The Bertz CT molecular complexity index is 910. The van der Waals surface area contributed by atoms with Crippen molar-refractivity contribution in [3.63, 3.8) is 0 Å². The Balaban J connectivity index is 1.72. The van der Waals surface area contributed by atoms with E-state index in [1.807, 2.05) is 6.92 Å². The quantitative estimate of drug-likeness (QED) is 0.658. The summed E-state index contributed by atoms with van der Waals surface area (Å²) in [5, 5.41) is 8.29. The Morgan fingerprint density at radius 1 is 1.20 bits per heavy atom. The molecule has 8 nitrogen and oxygen atoms in total. The number of benzene rings is 1. The molecule has 3 rings (SSSR count). The third-order valence-corrected chi connectivity index (χ3v) is 5.76. The lowest BCUT2D eigenvalue weighted by Gasteiger charge is -2.43. The standard InChI is InChI=1S/C22H30N4O4/c1-13-9-21(4,5)12-22(10-13)19(29)26(20(30)25-22)11-18(28)24-17-8-16(23-15(3)27)7-6-14(17)2/h6-8,13H,9-12H2,1-5H3,(H,23,27)(H,24,28)(H,25,30). The number of hydrogen-bond acceptors (Lipinski definition) is 4. The third kappa shape index (κ3) is 4.47. The van der Waals surface area contributed by atoms with E-state index in [2.05, 4.69) is 36.7 Å². The van der Waals surface area contributed by atoms with E-state index >= 15 is 0 Å². The van der Waals surface area contributed by atoms with Gasteiger partial charge in [0, 0.05) is 18.3 Å². The van der Waals surface area contributed by atoms with Gasteiger partial charge in [0.1, 0.15) is 12.1 Å². The fraction of sp³-hybridized carbons (Fsp3) is 0.545. The summed E-state index contributed by atoms with van der Waals surface area (Å²) in [6, 6.07) is 4.63. The molecule has 0 aromatic heterocycles. The fourth-order valence-corrected chi connectivity index (χ4v) is 5.02. The van der Waals surface area contributed by atoms with Crippen molar-refractivity contribution in [3.8, 4) is 0 Å². The average Bonchev–Trinajstić information content (AvgIpc) is 2.79. The fourth-order valence-electron chi connectivity index (χ4n) is 5.02. The molecular formula is C22H30N4O4. The molecule has 0 radical (unpaired) electrons. The van der Waals surface area contributed by atoms with Crippen LogP contribution in [-0.2, 0) is 14.4 Å². The molecule has 2 aliphatic rings. The number of rotatable bonds is 4. The molecule has 1 aromatic carbocycles. The van der Waals surface area contributed by atoms with E-state index in [1.165, 1.54) is 6.92 Å². The van der Waals surface area contributed by atoms with Crippen molar-refractivity contribution >= 4 is 35.1 Å². The normalized spacial score (nSPS) is 25.2. The molecule has 1 aliphatic carbocycles. The van der Waals surface area contributed by atoms with Crippen molar-refractivity contribution in [2.24, 2.45) is 11.3 Å². The molecule has 3 N–H and O–H groups in total. The van der Waals surface area contributed by atoms with Gasteiger partial charge in [0.25, 0.3) is 5.91 Å². The van der Waals surface area contributed by atoms with Crippen LogP contribution in [0.15, 0.2) is 18.2 Å². The third-order valence-electron chi connectivity index (χ3n) is 5.76. The first-order valence-corrected chi connectivity index (χ1v) is 10.2. The van der Waals surface area contributed by atoms with Gasteiger partial charge in [0.2, 0.25) is 11.8 Å². The Morgan fingerprint density at radius 2 is 1.90 bits per heavy atom. The molecule has 8 heteroatoms. The van der Waals surface area contributed by atoms with Gasteiger partial charge < -0.3 is 16.0 Å². The summed E-state index contributed by atoms with van der Waals surface area (Å²) in [5.41, 5.74) is 0.866. The van der Waals surface area contributed by atoms with Crippen LogP contribution in [-0.4, -0.2) is 40.7 Å². The van der Waals surface area contributed by atoms with Gasteiger partial charge in [0.15, 0.2) is 0 Å². The van der Waals surface area contributed by atoms with Gasteiger partial charge in [-0.25, -0.2) is 4.79 Å². The summed E-state index contributed by atoms with van der Waals surface area (Å²) in [4.78, 5) is 50.7. The molecule has 1 aromatic rings. The average molecular weight is 415 g/mol. The molecule has 30 heavy (non-hydrogen) atoms. The van der Waals surface area contributed by atoms with Crippen molar-refractivity contribution in [2.45, 2.75) is 59.4 Å². The maximum Gasteiger partial charge on any atom is 0.325 e. The molecular weight excluding hydrogens is 384 g/mol. The first-order valence-electron chi connectivity index (χ1n) is 10.2. The Labute approximate surface area is 176 Å². The van der Waals surface area contributed by atoms with Crippen LogP contribution in [0.5, 0.6) is 0 Å². The summed E-state index contributed by atoms with van der Waals surface area (Å²) in [5.74, 6) is -0.718. The van der Waals surface area contributed by atoms with E-state index in [-0.39, 0.29) is 23.8 Å². The number of hydrogen-bond donors (Lipinski definition) is 3. The second-order valence-corrected chi connectivity index (χ2v) is 9.52. The smallest absolute Gasteiger partial charge is 0.325 e. The number of urea groups is 1. The molecule has 1 heterocycles. The minimum atomic E-state index is -0.931. The van der Waals surface area contributed by atoms with Gasteiger partial charge in [-0.3, -0.25) is 19.3 Å². The van der Waals surface area contributed by atoms with Crippen LogP contribution in [0, 0.1) is 18.3 Å². The number of carbonyl (C=O) groups excluding carboxylic acids is 4. The van der Waals surface area contributed by atoms with Crippen molar-refractivity contribution in [2.75, 3.05) is 17.2 Å². The van der Waals surface area contributed by atoms with Crippen LogP contribution >= 0.6 is 0 Å². The zero-order valence-electron chi connectivity index (χ0n) is 18.2. The number of anilines is 2. The Kier molecular flexibility index (Phi) is 5.62.